The molecule has 0 aliphatic heterocycles. The van der Waals surface area contributed by atoms with Crippen molar-refractivity contribution in [1.82, 2.24) is 0 Å². The predicted molar refractivity (Wildman–Crippen MR) is 309 cm³/mol. The maximum Gasteiger partial charge on any atom is 0.472 e. The third kappa shape index (κ3) is 43.8. The van der Waals surface area contributed by atoms with Crippen LogP contribution in [-0.4, -0.2) is 98.9 Å². The van der Waals surface area contributed by atoms with E-state index in [4.69, 9.17) is 18.5 Å². The molecule has 1 fully saturated rings. The number of ether oxygens (including phenoxy) is 2. The Morgan fingerprint density at radius 1 is 0.373 bits per heavy atom. The van der Waals surface area contributed by atoms with E-state index in [0.717, 1.165) is 38.5 Å². The van der Waals surface area contributed by atoms with Gasteiger partial charge in [0, 0.05) is 13.0 Å². The van der Waals surface area contributed by atoms with Gasteiger partial charge in [-0.3, -0.25) is 13.8 Å². The third-order valence-electron chi connectivity index (χ3n) is 15.7. The predicted octanol–water partition coefficient (Wildman–Crippen LogP) is 16.4. The summed E-state index contributed by atoms with van der Waals surface area (Å²) in [5, 5.41) is 50.4. The molecule has 0 aromatic heterocycles. The van der Waals surface area contributed by atoms with Crippen LogP contribution < -0.4 is 0 Å². The number of phosphoric acid groups is 1. The third-order valence-corrected chi connectivity index (χ3v) is 16.7. The Morgan fingerprint density at radius 2 is 0.627 bits per heavy atom. The summed E-state index contributed by atoms with van der Waals surface area (Å²) in [6, 6.07) is 0. The van der Waals surface area contributed by atoms with Crippen LogP contribution >= 0.6 is 7.82 Å². The van der Waals surface area contributed by atoms with Gasteiger partial charge in [0.2, 0.25) is 0 Å². The smallest absolute Gasteiger partial charge is 0.457 e. The summed E-state index contributed by atoms with van der Waals surface area (Å²) in [6.45, 7) is 4.34. The van der Waals surface area contributed by atoms with Crippen LogP contribution in [0.2, 0.25) is 0 Å². The first kappa shape index (κ1) is 72.4. The van der Waals surface area contributed by atoms with Gasteiger partial charge in [0.25, 0.3) is 0 Å². The van der Waals surface area contributed by atoms with Gasteiger partial charge in [0.05, 0.1) is 13.2 Å². The van der Waals surface area contributed by atoms with Crippen molar-refractivity contribution in [1.29, 1.82) is 0 Å². The topological polar surface area (TPSA) is 192 Å². The van der Waals surface area contributed by atoms with Crippen molar-refractivity contribution in [2.24, 2.45) is 0 Å². The van der Waals surface area contributed by atoms with E-state index in [0.29, 0.717) is 13.0 Å². The maximum atomic E-state index is 12.9. The van der Waals surface area contributed by atoms with Gasteiger partial charge in [-0.1, -0.05) is 309 Å². The van der Waals surface area contributed by atoms with Crippen molar-refractivity contribution in [3.05, 3.63) is 0 Å². The first-order valence-electron chi connectivity index (χ1n) is 32.4. The summed E-state index contributed by atoms with van der Waals surface area (Å²) < 4.78 is 34.4. The van der Waals surface area contributed by atoms with Gasteiger partial charge in [-0.25, -0.2) is 4.57 Å². The molecule has 0 spiro atoms. The number of rotatable bonds is 58. The lowest BCUT2D eigenvalue weighted by Gasteiger charge is -2.41. The molecule has 8 atom stereocenters. The van der Waals surface area contributed by atoms with Crippen LogP contribution in [0.3, 0.4) is 0 Å². The van der Waals surface area contributed by atoms with E-state index in [9.17, 15) is 39.8 Å². The largest absolute Gasteiger partial charge is 0.472 e. The van der Waals surface area contributed by atoms with Crippen molar-refractivity contribution < 1.29 is 58.3 Å². The Balaban J connectivity index is 2.11. The van der Waals surface area contributed by atoms with E-state index >= 15 is 0 Å². The molecular formula is C62H123O12P. The number of hydrogen-bond donors (Lipinski definition) is 6. The number of carbonyl (C=O) groups excluding carboxylic acids is 1. The second-order valence-electron chi connectivity index (χ2n) is 23.0. The normalized spacial score (nSPS) is 20.2. The van der Waals surface area contributed by atoms with E-state index in [1.54, 1.807) is 0 Å². The molecule has 1 aliphatic carbocycles. The molecule has 6 unspecified atom stereocenters. The van der Waals surface area contributed by atoms with Crippen LogP contribution in [0, 0.1) is 0 Å². The molecule has 0 saturated heterocycles. The lowest BCUT2D eigenvalue weighted by molar-refractivity contribution is -0.220. The van der Waals surface area contributed by atoms with Gasteiger partial charge < -0.3 is 39.9 Å². The molecule has 0 aromatic rings. The highest BCUT2D eigenvalue weighted by Crippen LogP contribution is 2.47. The molecule has 1 saturated carbocycles. The van der Waals surface area contributed by atoms with E-state index in [-0.39, 0.29) is 13.0 Å². The molecule has 1 rings (SSSR count). The van der Waals surface area contributed by atoms with Gasteiger partial charge in [0.15, 0.2) is 0 Å². The number of aliphatic hydroxyl groups is 5. The molecule has 6 N–H and O–H groups in total. The molecular weight excluding hydrogens is 968 g/mol. The van der Waals surface area contributed by atoms with Crippen LogP contribution in [-0.2, 0) is 27.9 Å². The molecule has 12 nitrogen and oxygen atoms in total. The van der Waals surface area contributed by atoms with Crippen LogP contribution in [0.1, 0.15) is 328 Å². The second kappa shape index (κ2) is 52.7. The summed E-state index contributed by atoms with van der Waals surface area (Å²) in [5.41, 5.74) is 0. The standard InChI is InChI=1S/C62H123O12P/c1-3-5-7-9-11-13-15-17-19-20-21-22-23-24-25-26-27-28-29-30-31-32-33-34-35-36-37-38-39-41-43-45-47-49-51-56(63)73-55(53-71-52-50-48-46-44-42-40-18-16-14-12-10-8-6-4-2)54-72-75(69,70)74-62-60(67)58(65)57(64)59(66)61(62)68/h55,57-62,64-68H,3-54H2,1-2H3,(H,69,70)/t55-,57?,58-,59?,60?,61?,62?/m1/s1. The first-order chi connectivity index (χ1) is 36.5. The van der Waals surface area contributed by atoms with Crippen molar-refractivity contribution in [3.8, 4) is 0 Å². The number of aliphatic hydroxyl groups excluding tert-OH is 5. The average molecular weight is 1090 g/mol. The monoisotopic (exact) mass is 1090 g/mol. The van der Waals surface area contributed by atoms with Crippen molar-refractivity contribution in [2.75, 3.05) is 19.8 Å². The zero-order valence-electron chi connectivity index (χ0n) is 48.9. The quantitative estimate of drug-likeness (QED) is 0.0192. The fourth-order valence-corrected chi connectivity index (χ4v) is 11.6. The van der Waals surface area contributed by atoms with E-state index in [2.05, 4.69) is 13.8 Å². The Hall–Kier alpha value is -0.660. The molecule has 13 heteroatoms. The first-order valence-corrected chi connectivity index (χ1v) is 33.9. The highest BCUT2D eigenvalue weighted by Gasteiger charge is 2.51. The van der Waals surface area contributed by atoms with E-state index in [1.165, 1.54) is 263 Å². The Morgan fingerprint density at radius 3 is 0.920 bits per heavy atom. The van der Waals surface area contributed by atoms with Crippen LogP contribution in [0.5, 0.6) is 0 Å². The fourth-order valence-electron chi connectivity index (χ4n) is 10.7. The Bertz CT molecular complexity index is 1250. The van der Waals surface area contributed by atoms with Gasteiger partial charge in [-0.2, -0.15) is 0 Å². The zero-order chi connectivity index (χ0) is 54.7. The molecule has 0 heterocycles. The minimum absolute atomic E-state index is 0.0673. The highest BCUT2D eigenvalue weighted by molar-refractivity contribution is 7.47. The fraction of sp³-hybridized carbons (Fsp3) is 0.984. The average Bonchev–Trinajstić information content (AvgIpc) is 3.40. The number of esters is 1. The summed E-state index contributed by atoms with van der Waals surface area (Å²) in [6.07, 6.45) is 50.7. The van der Waals surface area contributed by atoms with Crippen molar-refractivity contribution in [3.63, 3.8) is 0 Å². The molecule has 1 aliphatic rings. The van der Waals surface area contributed by atoms with Crippen LogP contribution in [0.15, 0.2) is 0 Å². The molecule has 75 heavy (non-hydrogen) atoms. The van der Waals surface area contributed by atoms with Gasteiger partial charge in [0.1, 0.15) is 42.7 Å². The minimum Gasteiger partial charge on any atom is -0.457 e. The van der Waals surface area contributed by atoms with Crippen LogP contribution in [0.25, 0.3) is 0 Å². The molecule has 0 aromatic carbocycles. The van der Waals surface area contributed by atoms with Gasteiger partial charge >= 0.3 is 13.8 Å². The zero-order valence-corrected chi connectivity index (χ0v) is 49.8. The summed E-state index contributed by atoms with van der Waals surface area (Å²) in [7, 11) is -5.02. The van der Waals surface area contributed by atoms with Crippen LogP contribution in [0.4, 0.5) is 0 Å². The van der Waals surface area contributed by atoms with Gasteiger partial charge in [-0.15, -0.1) is 0 Å². The molecule has 0 radical (unpaired) electrons. The van der Waals surface area contributed by atoms with Crippen molar-refractivity contribution in [2.45, 2.75) is 371 Å². The maximum absolute atomic E-state index is 12.9. The number of carbonyl (C=O) groups is 1. The van der Waals surface area contributed by atoms with Gasteiger partial charge in [-0.05, 0) is 12.8 Å². The molecule has 0 amide bonds. The lowest BCUT2D eigenvalue weighted by atomic mass is 9.85. The highest BCUT2D eigenvalue weighted by atomic mass is 31.2. The number of phosphoric ester groups is 1. The van der Waals surface area contributed by atoms with Crippen molar-refractivity contribution >= 4 is 13.8 Å². The Labute approximate surface area is 461 Å². The Kier molecular flexibility index (Phi) is 50.8. The summed E-state index contributed by atoms with van der Waals surface area (Å²) >= 11 is 0. The summed E-state index contributed by atoms with van der Waals surface area (Å²) in [5.74, 6) is -0.466. The van der Waals surface area contributed by atoms with E-state index in [1.807, 2.05) is 0 Å². The SMILES string of the molecule is CCCCCCCCCCCCCCCCCCCCCCCCCCCCCCCCCCCCC(=O)O[C@H](COCCCCCCCCCCCCCCCC)COP(=O)(O)OC1C(O)C(O)C(O)[C@@H](O)C1O. The number of hydrogen-bond acceptors (Lipinski definition) is 11. The minimum atomic E-state index is -5.02. The lowest BCUT2D eigenvalue weighted by Crippen LogP contribution is -2.64. The summed E-state index contributed by atoms with van der Waals surface area (Å²) in [4.78, 5) is 23.3. The number of unbranched alkanes of at least 4 members (excludes halogenated alkanes) is 46. The second-order valence-corrected chi connectivity index (χ2v) is 24.4. The molecule has 0 bridgehead atoms. The molecule has 448 valence electrons. The van der Waals surface area contributed by atoms with E-state index < -0.39 is 63.1 Å².